The number of carbonyl (C=O) groups excluding carboxylic acids is 1. The van der Waals surface area contributed by atoms with Crippen molar-refractivity contribution in [1.82, 2.24) is 24.8 Å². The number of H-pyrrole nitrogens is 1. The van der Waals surface area contributed by atoms with Gasteiger partial charge in [0.1, 0.15) is 18.4 Å². The molecule has 1 fully saturated rings. The van der Waals surface area contributed by atoms with E-state index in [4.69, 9.17) is 24.0 Å². The molecule has 0 radical (unpaired) electrons. The van der Waals surface area contributed by atoms with Crippen molar-refractivity contribution in [3.63, 3.8) is 0 Å². The number of imidazole rings is 1. The molecule has 6 aromatic rings. The lowest BCUT2D eigenvalue weighted by Gasteiger charge is -2.20. The smallest absolute Gasteiger partial charge is 0.369 e. The van der Waals surface area contributed by atoms with Crippen molar-refractivity contribution in [3.8, 4) is 0 Å². The zero-order chi connectivity index (χ0) is 35.2. The number of phosphoric ester groups is 2. The van der Waals surface area contributed by atoms with E-state index >= 15 is 0 Å². The van der Waals surface area contributed by atoms with Gasteiger partial charge in [0.2, 0.25) is 11.9 Å². The van der Waals surface area contributed by atoms with E-state index in [1.54, 1.807) is 0 Å². The Balaban J connectivity index is 0.916. The molecule has 1 aliphatic heterocycles. The maximum atomic E-state index is 12.8. The number of anilines is 1. The second kappa shape index (κ2) is 13.5. The zero-order valence-corrected chi connectivity index (χ0v) is 28.0. The molecule has 17 nitrogen and oxygen atoms in total. The number of aromatic nitrogens is 4. The molecule has 4 atom stereocenters. The Morgan fingerprint density at radius 3 is 2.52 bits per heavy atom. The fourth-order valence-corrected chi connectivity index (χ4v) is 7.68. The number of hydrogen-bond donors (Lipinski definition) is 6. The summed E-state index contributed by atoms with van der Waals surface area (Å²) in [6.45, 7) is -0.726. The summed E-state index contributed by atoms with van der Waals surface area (Å²) in [6, 6.07) is 18.4. The molecule has 7 rings (SSSR count). The van der Waals surface area contributed by atoms with E-state index in [1.165, 1.54) is 10.9 Å². The van der Waals surface area contributed by atoms with Crippen LogP contribution in [-0.2, 0) is 38.7 Å². The number of aromatic amines is 1. The molecule has 0 aliphatic carbocycles. The Morgan fingerprint density at radius 1 is 1.04 bits per heavy atom. The monoisotopic (exact) mass is 726 g/mol. The number of carbonyl (C=O) groups is 1. The Morgan fingerprint density at radius 2 is 1.76 bits per heavy atom. The molecule has 1 amide bonds. The van der Waals surface area contributed by atoms with Crippen molar-refractivity contribution < 1.29 is 46.9 Å². The van der Waals surface area contributed by atoms with Gasteiger partial charge in [-0.25, -0.2) is 14.1 Å². The molecule has 1 aliphatic rings. The maximum absolute atomic E-state index is 12.8. The van der Waals surface area contributed by atoms with Crippen molar-refractivity contribution in [1.29, 1.82) is 0 Å². The van der Waals surface area contributed by atoms with Crippen LogP contribution in [0.2, 0.25) is 0 Å². The average Bonchev–Trinajstić information content (AvgIpc) is 3.66. The van der Waals surface area contributed by atoms with Gasteiger partial charge in [-0.05, 0) is 44.3 Å². The number of amides is 1. The van der Waals surface area contributed by atoms with Gasteiger partial charge in [-0.2, -0.15) is 4.98 Å². The molecule has 4 aromatic carbocycles. The fraction of sp³-hybridized carbons (Fsp3) is 0.290. The van der Waals surface area contributed by atoms with E-state index in [2.05, 4.69) is 50.6 Å². The van der Waals surface area contributed by atoms with Crippen LogP contribution in [0.25, 0.3) is 43.5 Å². The molecule has 0 saturated carbocycles. The van der Waals surface area contributed by atoms with Gasteiger partial charge in [0.15, 0.2) is 11.2 Å². The number of nitrogen functional groups attached to an aromatic ring is 1. The number of phosphoric acid groups is 2. The molecule has 0 spiro atoms. The second-order valence-electron chi connectivity index (χ2n) is 11.8. The van der Waals surface area contributed by atoms with Gasteiger partial charge in [-0.3, -0.25) is 32.7 Å². The van der Waals surface area contributed by atoms with E-state index in [-0.39, 0.29) is 55.4 Å². The molecule has 2 aromatic heterocycles. The van der Waals surface area contributed by atoms with Crippen molar-refractivity contribution >= 4 is 71.0 Å². The first-order valence-electron chi connectivity index (χ1n) is 15.5. The summed E-state index contributed by atoms with van der Waals surface area (Å²) in [4.78, 5) is 64.4. The maximum Gasteiger partial charge on any atom is 0.472 e. The lowest BCUT2D eigenvalue weighted by molar-refractivity contribution is -0.120. The van der Waals surface area contributed by atoms with Crippen molar-refractivity contribution in [3.05, 3.63) is 76.8 Å². The minimum Gasteiger partial charge on any atom is -0.369 e. The van der Waals surface area contributed by atoms with Crippen molar-refractivity contribution in [2.75, 3.05) is 25.5 Å². The number of nitrogens with one attached hydrogen (secondary N) is 2. The minimum absolute atomic E-state index is 0.0481. The minimum atomic E-state index is -5.01. The first-order valence-corrected chi connectivity index (χ1v) is 18.5. The number of fused-ring (bicyclic) bond motifs is 1. The number of rotatable bonds is 13. The normalized spacial score (nSPS) is 19.5. The molecular formula is C31H32N6O11P2. The van der Waals surface area contributed by atoms with Crippen LogP contribution in [-0.4, -0.2) is 72.1 Å². The van der Waals surface area contributed by atoms with E-state index in [9.17, 15) is 33.4 Å². The van der Waals surface area contributed by atoms with Crippen LogP contribution >= 0.6 is 15.6 Å². The van der Waals surface area contributed by atoms with Crippen LogP contribution in [0.1, 0.15) is 24.6 Å². The van der Waals surface area contributed by atoms with Crippen LogP contribution in [0.5, 0.6) is 0 Å². The SMILES string of the molecule is Nc1nc2c(ncn2[C@H]2C[C@H](OP(=O)(O)O)[C@@H](COP(=O)(O)OCCCNC(=O)Cc3ccc4ccc5cccc6ccc3c4c56)O2)c(=O)[nH]1. The molecule has 19 heteroatoms. The summed E-state index contributed by atoms with van der Waals surface area (Å²) in [5.41, 5.74) is 5.92. The van der Waals surface area contributed by atoms with Gasteiger partial charge in [0.25, 0.3) is 5.56 Å². The molecule has 3 heterocycles. The third-order valence-electron chi connectivity index (χ3n) is 8.48. The number of benzene rings is 4. The van der Waals surface area contributed by atoms with Gasteiger partial charge < -0.3 is 30.5 Å². The summed E-state index contributed by atoms with van der Waals surface area (Å²) in [5, 5.41) is 9.44. The molecule has 50 heavy (non-hydrogen) atoms. The number of nitrogens with two attached hydrogens (primary N) is 1. The first kappa shape index (κ1) is 34.2. The van der Waals surface area contributed by atoms with Gasteiger partial charge in [-0.1, -0.05) is 54.6 Å². The summed E-state index contributed by atoms with van der Waals surface area (Å²) >= 11 is 0. The fourth-order valence-electron chi connectivity index (χ4n) is 6.33. The topological polar surface area (TPSA) is 250 Å². The van der Waals surface area contributed by atoms with Crippen LogP contribution in [0, 0.1) is 0 Å². The van der Waals surface area contributed by atoms with E-state index in [0.29, 0.717) is 0 Å². The third-order valence-corrected chi connectivity index (χ3v) is 10.0. The highest BCUT2D eigenvalue weighted by molar-refractivity contribution is 7.47. The molecular weight excluding hydrogens is 694 g/mol. The van der Waals surface area contributed by atoms with Crippen LogP contribution < -0.4 is 16.6 Å². The van der Waals surface area contributed by atoms with Gasteiger partial charge >= 0.3 is 15.6 Å². The van der Waals surface area contributed by atoms with E-state index in [0.717, 1.165) is 37.9 Å². The Labute approximate surface area is 282 Å². The summed E-state index contributed by atoms with van der Waals surface area (Å²) < 4.78 is 46.4. The standard InChI is InChI=1S/C31H32N6O11P2/c32-31-35-29-28(30(39)36-31)34-16-37(29)25-14-22(48-49(40,41)42)23(47-25)15-46-50(43,44)45-12-2-11-33-24(38)13-20-8-7-19-6-5-17-3-1-4-18-9-10-21(20)27(19)26(17)18/h1,3-10,16,22-23,25H,2,11-15H2,(H,33,38)(H,43,44)(H2,40,41,42)(H3,32,35,36,39)/t22-,23+,25+/m0/s1. The second-order valence-corrected chi connectivity index (χ2v) is 14.5. The quantitative estimate of drug-likeness (QED) is 0.0568. The lowest BCUT2D eigenvalue weighted by Crippen LogP contribution is -2.28. The van der Waals surface area contributed by atoms with Crippen molar-refractivity contribution in [2.24, 2.45) is 0 Å². The molecule has 1 unspecified atom stereocenters. The van der Waals surface area contributed by atoms with Crippen LogP contribution in [0.15, 0.2) is 65.7 Å². The first-order chi connectivity index (χ1) is 23.8. The predicted octanol–water partition coefficient (Wildman–Crippen LogP) is 3.25. The predicted molar refractivity (Wildman–Crippen MR) is 181 cm³/mol. The molecule has 1 saturated heterocycles. The summed E-state index contributed by atoms with van der Waals surface area (Å²) in [6.07, 6.45) is -2.13. The Kier molecular flexibility index (Phi) is 9.19. The number of nitrogens with zero attached hydrogens (tertiary/aromatic N) is 3. The molecule has 0 bridgehead atoms. The van der Waals surface area contributed by atoms with E-state index in [1.807, 2.05) is 24.3 Å². The number of ether oxygens (including phenoxy) is 1. The summed E-state index contributed by atoms with van der Waals surface area (Å²) in [7, 11) is -9.68. The van der Waals surface area contributed by atoms with Gasteiger partial charge in [-0.15, -0.1) is 0 Å². The number of hydrogen-bond acceptors (Lipinski definition) is 11. The van der Waals surface area contributed by atoms with Crippen molar-refractivity contribution in [2.45, 2.75) is 37.7 Å². The highest BCUT2D eigenvalue weighted by Gasteiger charge is 2.42. The van der Waals surface area contributed by atoms with E-state index < -0.39 is 46.2 Å². The van der Waals surface area contributed by atoms with Gasteiger partial charge in [0, 0.05) is 13.0 Å². The highest BCUT2D eigenvalue weighted by atomic mass is 31.2. The zero-order valence-electron chi connectivity index (χ0n) is 26.2. The van der Waals surface area contributed by atoms with Crippen LogP contribution in [0.4, 0.5) is 5.95 Å². The largest absolute Gasteiger partial charge is 0.472 e. The Hall–Kier alpha value is -4.28. The third kappa shape index (κ3) is 7.14. The molecule has 7 N–H and O–H groups in total. The van der Waals surface area contributed by atoms with Crippen LogP contribution in [0.3, 0.4) is 0 Å². The Bertz CT molecular complexity index is 2360. The van der Waals surface area contributed by atoms with Gasteiger partial charge in [0.05, 0.1) is 26.0 Å². The average molecular weight is 727 g/mol. The summed E-state index contributed by atoms with van der Waals surface area (Å²) in [5.74, 6) is -0.410. The highest BCUT2D eigenvalue weighted by Crippen LogP contribution is 2.47. The lowest BCUT2D eigenvalue weighted by atomic mass is 9.91. The molecule has 262 valence electrons.